The lowest BCUT2D eigenvalue weighted by molar-refractivity contribution is -0.151. The SMILES string of the molecule is COC(=O)[C@@H]1C[C@@H](Oc2nccc3ccc(/C=C/CCOC=O)cc23)CN1C(=O)[C@@H](N)CCC(=O)C=C(C)C. The first-order valence-electron chi connectivity index (χ1n) is 12.8. The molecular formula is C29H35N3O7. The molecule has 2 N–H and O–H groups in total. The first kappa shape index (κ1) is 29.5. The second-order valence-electron chi connectivity index (χ2n) is 9.59. The summed E-state index contributed by atoms with van der Waals surface area (Å²) < 4.78 is 15.9. The summed E-state index contributed by atoms with van der Waals surface area (Å²) in [5.74, 6) is -0.708. The molecule has 1 aliphatic rings. The smallest absolute Gasteiger partial charge is 0.328 e. The van der Waals surface area contributed by atoms with Crippen LogP contribution in [0.2, 0.25) is 0 Å². The molecule has 10 nitrogen and oxygen atoms in total. The van der Waals surface area contributed by atoms with Crippen molar-refractivity contribution >= 4 is 41.0 Å². The van der Waals surface area contributed by atoms with Crippen molar-refractivity contribution < 1.29 is 33.4 Å². The Kier molecular flexibility index (Phi) is 10.7. The van der Waals surface area contributed by atoms with Crippen LogP contribution in [0.25, 0.3) is 16.8 Å². The van der Waals surface area contributed by atoms with E-state index in [9.17, 15) is 19.2 Å². The van der Waals surface area contributed by atoms with Crippen LogP contribution in [-0.2, 0) is 28.7 Å². The van der Waals surface area contributed by atoms with Crippen molar-refractivity contribution in [2.75, 3.05) is 20.3 Å². The van der Waals surface area contributed by atoms with Crippen LogP contribution in [0.3, 0.4) is 0 Å². The van der Waals surface area contributed by atoms with E-state index >= 15 is 0 Å². The van der Waals surface area contributed by atoms with Crippen LogP contribution in [-0.4, -0.2) is 72.5 Å². The molecule has 0 spiro atoms. The molecule has 1 saturated heterocycles. The number of carbonyl (C=O) groups is 4. The Labute approximate surface area is 227 Å². The number of esters is 1. The maximum atomic E-state index is 13.2. The van der Waals surface area contributed by atoms with Crippen molar-refractivity contribution in [3.63, 3.8) is 0 Å². The van der Waals surface area contributed by atoms with Gasteiger partial charge in [0.05, 0.1) is 26.3 Å². The molecular weight excluding hydrogens is 502 g/mol. The summed E-state index contributed by atoms with van der Waals surface area (Å²) in [5.41, 5.74) is 7.92. The average Bonchev–Trinajstić information content (AvgIpc) is 3.34. The van der Waals surface area contributed by atoms with E-state index in [1.54, 1.807) is 6.20 Å². The summed E-state index contributed by atoms with van der Waals surface area (Å²) >= 11 is 0. The molecule has 1 aliphatic heterocycles. The predicted octanol–water partition coefficient (Wildman–Crippen LogP) is 2.98. The maximum Gasteiger partial charge on any atom is 0.328 e. The minimum absolute atomic E-state index is 0.101. The van der Waals surface area contributed by atoms with E-state index < -0.39 is 30.1 Å². The minimum atomic E-state index is -0.938. The van der Waals surface area contributed by atoms with Gasteiger partial charge in [-0.3, -0.25) is 14.4 Å². The van der Waals surface area contributed by atoms with Gasteiger partial charge in [-0.05, 0) is 55.8 Å². The number of pyridine rings is 1. The molecule has 3 atom stereocenters. The van der Waals surface area contributed by atoms with Crippen LogP contribution in [0.15, 0.2) is 48.2 Å². The van der Waals surface area contributed by atoms with Gasteiger partial charge in [0.25, 0.3) is 6.47 Å². The maximum absolute atomic E-state index is 13.2. The van der Waals surface area contributed by atoms with Gasteiger partial charge < -0.3 is 24.8 Å². The predicted molar refractivity (Wildman–Crippen MR) is 146 cm³/mol. The van der Waals surface area contributed by atoms with Gasteiger partial charge in [0.2, 0.25) is 11.8 Å². The zero-order valence-electron chi connectivity index (χ0n) is 22.5. The van der Waals surface area contributed by atoms with E-state index in [1.807, 2.05) is 50.3 Å². The van der Waals surface area contributed by atoms with Crippen molar-refractivity contribution in [1.29, 1.82) is 0 Å². The van der Waals surface area contributed by atoms with Crippen molar-refractivity contribution in [3.05, 3.63) is 53.8 Å². The third-order valence-corrected chi connectivity index (χ3v) is 6.30. The van der Waals surface area contributed by atoms with Gasteiger partial charge in [0.1, 0.15) is 12.1 Å². The third-order valence-electron chi connectivity index (χ3n) is 6.30. The highest BCUT2D eigenvalue weighted by Gasteiger charge is 2.43. The molecule has 2 aromatic rings. The number of amides is 1. The number of methoxy groups -OCH3 is 1. The fourth-order valence-electron chi connectivity index (χ4n) is 4.43. The first-order chi connectivity index (χ1) is 18.7. The lowest BCUT2D eigenvalue weighted by atomic mass is 10.1. The Morgan fingerprint density at radius 2 is 2.03 bits per heavy atom. The van der Waals surface area contributed by atoms with Crippen LogP contribution in [0.4, 0.5) is 0 Å². The van der Waals surface area contributed by atoms with E-state index in [4.69, 9.17) is 19.9 Å². The fourth-order valence-corrected chi connectivity index (χ4v) is 4.43. The number of allylic oxidation sites excluding steroid dienone is 2. The molecule has 0 radical (unpaired) electrons. The molecule has 0 saturated carbocycles. The van der Waals surface area contributed by atoms with E-state index in [0.717, 1.165) is 21.9 Å². The van der Waals surface area contributed by atoms with Gasteiger partial charge in [-0.25, -0.2) is 9.78 Å². The average molecular weight is 538 g/mol. The van der Waals surface area contributed by atoms with Crippen molar-refractivity contribution in [2.45, 2.75) is 57.7 Å². The van der Waals surface area contributed by atoms with Crippen molar-refractivity contribution in [2.24, 2.45) is 5.73 Å². The Balaban J connectivity index is 1.74. The summed E-state index contributed by atoms with van der Waals surface area (Å²) in [5, 5.41) is 1.69. The third kappa shape index (κ3) is 8.22. The van der Waals surface area contributed by atoms with E-state index in [-0.39, 0.29) is 31.6 Å². The molecule has 208 valence electrons. The quantitative estimate of drug-likeness (QED) is 0.177. The number of rotatable bonds is 13. The topological polar surface area (TPSA) is 138 Å². The highest BCUT2D eigenvalue weighted by atomic mass is 16.5. The summed E-state index contributed by atoms with van der Waals surface area (Å²) in [6.45, 7) is 4.50. The van der Waals surface area contributed by atoms with Gasteiger partial charge in [-0.15, -0.1) is 0 Å². The Morgan fingerprint density at radius 1 is 1.23 bits per heavy atom. The number of ether oxygens (including phenoxy) is 3. The molecule has 1 aromatic carbocycles. The standard InChI is InChI=1S/C29H35N3O7/c1-19(2)14-22(34)9-10-25(30)28(35)32-17-23(16-26(32)29(36)37-3)39-27-24-15-20(6-4-5-13-38-18-33)7-8-21(24)11-12-31-27/h4,6-8,11-12,14-15,18,23,25-26H,5,9-10,13,16-17,30H2,1-3H3/b6-4+/t23-,25+,26+/m1/s1. The molecule has 10 heteroatoms. The summed E-state index contributed by atoms with van der Waals surface area (Å²) in [6, 6.07) is 5.91. The zero-order valence-corrected chi connectivity index (χ0v) is 22.5. The highest BCUT2D eigenvalue weighted by Crippen LogP contribution is 2.29. The zero-order chi connectivity index (χ0) is 28.4. The number of nitrogens with zero attached hydrogens (tertiary/aromatic N) is 2. The van der Waals surface area contributed by atoms with Gasteiger partial charge in [0.15, 0.2) is 5.78 Å². The second kappa shape index (κ2) is 14.2. The first-order valence-corrected chi connectivity index (χ1v) is 12.8. The van der Waals surface area contributed by atoms with E-state index in [1.165, 1.54) is 18.1 Å². The molecule has 1 amide bonds. The number of likely N-dealkylation sites (tertiary alicyclic amines) is 1. The Bertz CT molecular complexity index is 1250. The van der Waals surface area contributed by atoms with E-state index in [0.29, 0.717) is 25.4 Å². The monoisotopic (exact) mass is 537 g/mol. The van der Waals surface area contributed by atoms with Crippen LogP contribution >= 0.6 is 0 Å². The number of carbonyl (C=O) groups excluding carboxylic acids is 4. The van der Waals surface area contributed by atoms with Crippen LogP contribution < -0.4 is 10.5 Å². The van der Waals surface area contributed by atoms with Crippen LogP contribution in [0.1, 0.15) is 45.1 Å². The fraction of sp³-hybridized carbons (Fsp3) is 0.414. The summed E-state index contributed by atoms with van der Waals surface area (Å²) in [7, 11) is 1.27. The summed E-state index contributed by atoms with van der Waals surface area (Å²) in [4.78, 5) is 53.8. The number of hydrogen-bond acceptors (Lipinski definition) is 9. The molecule has 1 aromatic heterocycles. The lowest BCUT2D eigenvalue weighted by Gasteiger charge is -2.25. The molecule has 39 heavy (non-hydrogen) atoms. The van der Waals surface area contributed by atoms with Crippen molar-refractivity contribution in [3.8, 4) is 5.88 Å². The number of fused-ring (bicyclic) bond motifs is 1. The second-order valence-corrected chi connectivity index (χ2v) is 9.59. The lowest BCUT2D eigenvalue weighted by Crippen LogP contribution is -2.49. The van der Waals surface area contributed by atoms with Gasteiger partial charge in [-0.2, -0.15) is 0 Å². The molecule has 0 bridgehead atoms. The number of ketones is 1. The van der Waals surface area contributed by atoms with Crippen LogP contribution in [0.5, 0.6) is 5.88 Å². The van der Waals surface area contributed by atoms with Crippen molar-refractivity contribution in [1.82, 2.24) is 9.88 Å². The molecule has 1 fully saturated rings. The van der Waals surface area contributed by atoms with Gasteiger partial charge in [-0.1, -0.05) is 29.9 Å². The molecule has 2 heterocycles. The summed E-state index contributed by atoms with van der Waals surface area (Å²) in [6.07, 6.45) is 7.56. The number of nitrogens with two attached hydrogens (primary N) is 1. The number of hydrogen-bond donors (Lipinski definition) is 1. The number of benzene rings is 1. The Hall–Kier alpha value is -4.05. The number of aromatic nitrogens is 1. The van der Waals surface area contributed by atoms with Crippen LogP contribution in [0, 0.1) is 0 Å². The molecule has 0 aliphatic carbocycles. The molecule has 3 rings (SSSR count). The van der Waals surface area contributed by atoms with Gasteiger partial charge >= 0.3 is 5.97 Å². The largest absolute Gasteiger partial charge is 0.472 e. The normalized spacial score (nSPS) is 17.6. The Morgan fingerprint density at radius 3 is 2.74 bits per heavy atom. The molecule has 0 unspecified atom stereocenters. The van der Waals surface area contributed by atoms with Gasteiger partial charge in [0, 0.05) is 24.4 Å². The minimum Gasteiger partial charge on any atom is -0.472 e. The highest BCUT2D eigenvalue weighted by molar-refractivity contribution is 5.92. The van der Waals surface area contributed by atoms with E-state index in [2.05, 4.69) is 4.98 Å².